The van der Waals surface area contributed by atoms with E-state index < -0.39 is 12.0 Å². The number of carboxylic acids is 1. The molecule has 0 aliphatic heterocycles. The van der Waals surface area contributed by atoms with Gasteiger partial charge in [-0.25, -0.2) is 4.79 Å². The Morgan fingerprint density at radius 1 is 1.42 bits per heavy atom. The highest BCUT2D eigenvalue weighted by Gasteiger charge is 2.19. The van der Waals surface area contributed by atoms with Gasteiger partial charge in [0.05, 0.1) is 5.69 Å². The highest BCUT2D eigenvalue weighted by Crippen LogP contribution is 2.14. The lowest BCUT2D eigenvalue weighted by molar-refractivity contribution is -0.142. The van der Waals surface area contributed by atoms with Gasteiger partial charge in [-0.1, -0.05) is 5.16 Å². The smallest absolute Gasteiger partial charge is 0.326 e. The molecule has 0 aliphatic rings. The number of carbonyl (C=O) groups is 2. The van der Waals surface area contributed by atoms with Crippen LogP contribution in [0.25, 0.3) is 0 Å². The number of aliphatic hydroxyl groups is 1. The molecule has 1 atom stereocenters. The molecule has 3 N–H and O–H groups in total. The topological polar surface area (TPSA) is 113 Å². The van der Waals surface area contributed by atoms with Crippen LogP contribution in [0.1, 0.15) is 29.9 Å². The summed E-state index contributed by atoms with van der Waals surface area (Å²) in [5.74, 6) is -0.865. The molecule has 0 radical (unpaired) electrons. The largest absolute Gasteiger partial charge is 0.480 e. The lowest BCUT2D eigenvalue weighted by Crippen LogP contribution is -2.41. The molecular formula is C12H18N2O5. The van der Waals surface area contributed by atoms with Crippen molar-refractivity contribution in [3.05, 3.63) is 17.0 Å². The molecule has 1 rings (SSSR count). The second-order valence-corrected chi connectivity index (χ2v) is 4.27. The number of hydrogen-bond donors (Lipinski definition) is 3. The molecule has 1 amide bonds. The maximum atomic E-state index is 11.6. The fraction of sp³-hybridized carbons (Fsp3) is 0.583. The molecule has 0 saturated heterocycles. The fourth-order valence-corrected chi connectivity index (χ4v) is 1.75. The third-order valence-corrected chi connectivity index (χ3v) is 2.83. The van der Waals surface area contributed by atoms with Crippen LogP contribution in [-0.4, -0.2) is 39.9 Å². The highest BCUT2D eigenvalue weighted by atomic mass is 16.5. The third kappa shape index (κ3) is 4.36. The number of amides is 1. The van der Waals surface area contributed by atoms with E-state index in [4.69, 9.17) is 14.7 Å². The zero-order chi connectivity index (χ0) is 14.4. The molecule has 19 heavy (non-hydrogen) atoms. The molecule has 7 nitrogen and oxygen atoms in total. The van der Waals surface area contributed by atoms with Crippen LogP contribution in [-0.2, 0) is 16.0 Å². The Balaban J connectivity index is 2.49. The van der Waals surface area contributed by atoms with Gasteiger partial charge >= 0.3 is 5.97 Å². The summed E-state index contributed by atoms with van der Waals surface area (Å²) in [6, 6.07) is -1.05. The monoisotopic (exact) mass is 270 g/mol. The number of rotatable bonds is 7. The second-order valence-electron chi connectivity index (χ2n) is 4.27. The Morgan fingerprint density at radius 3 is 2.58 bits per heavy atom. The fourth-order valence-electron chi connectivity index (χ4n) is 1.75. The van der Waals surface area contributed by atoms with Gasteiger partial charge < -0.3 is 20.1 Å². The van der Waals surface area contributed by atoms with Gasteiger partial charge in [-0.2, -0.15) is 0 Å². The molecule has 0 aromatic carbocycles. The Morgan fingerprint density at radius 2 is 2.11 bits per heavy atom. The third-order valence-electron chi connectivity index (χ3n) is 2.83. The Hall–Kier alpha value is -1.89. The molecule has 1 heterocycles. The van der Waals surface area contributed by atoms with Crippen LogP contribution in [0.2, 0.25) is 0 Å². The first-order valence-corrected chi connectivity index (χ1v) is 6.00. The summed E-state index contributed by atoms with van der Waals surface area (Å²) in [6.45, 7) is 3.26. The quantitative estimate of drug-likeness (QED) is 0.651. The van der Waals surface area contributed by atoms with Crippen LogP contribution in [0.3, 0.4) is 0 Å². The van der Waals surface area contributed by atoms with Crippen LogP contribution >= 0.6 is 0 Å². The molecule has 0 bridgehead atoms. The van der Waals surface area contributed by atoms with E-state index in [1.165, 1.54) is 0 Å². The normalized spacial score (nSPS) is 12.2. The minimum Gasteiger partial charge on any atom is -0.480 e. The maximum absolute atomic E-state index is 11.6. The second kappa shape index (κ2) is 6.89. The predicted octanol–water partition coefficient (Wildman–Crippen LogP) is 0.176. The standard InChI is InChI=1S/C12H18N2O5/c1-7-9(8(2)19-14-7)3-4-11(16)13-10(5-6-15)12(17)18/h10,15H,3-6H2,1-2H3,(H,13,16)(H,17,18)/t10-/m0/s1. The first-order chi connectivity index (χ1) is 8.95. The van der Waals surface area contributed by atoms with Gasteiger partial charge in [-0.05, 0) is 20.3 Å². The molecule has 0 saturated carbocycles. The van der Waals surface area contributed by atoms with Gasteiger partial charge in [0, 0.05) is 25.0 Å². The van der Waals surface area contributed by atoms with E-state index in [1.54, 1.807) is 13.8 Å². The maximum Gasteiger partial charge on any atom is 0.326 e. The molecular weight excluding hydrogens is 252 g/mol. The van der Waals surface area contributed by atoms with E-state index in [2.05, 4.69) is 10.5 Å². The van der Waals surface area contributed by atoms with Gasteiger partial charge in [0.2, 0.25) is 5.91 Å². The Kier molecular flexibility index (Phi) is 5.50. The van der Waals surface area contributed by atoms with Crippen molar-refractivity contribution in [2.75, 3.05) is 6.61 Å². The number of aryl methyl sites for hydroxylation is 2. The lowest BCUT2D eigenvalue weighted by atomic mass is 10.1. The number of aliphatic hydroxyl groups excluding tert-OH is 1. The van der Waals surface area contributed by atoms with E-state index in [0.29, 0.717) is 12.2 Å². The predicted molar refractivity (Wildman–Crippen MR) is 65.6 cm³/mol. The zero-order valence-corrected chi connectivity index (χ0v) is 11.0. The molecule has 0 fully saturated rings. The van der Waals surface area contributed by atoms with Crippen LogP contribution < -0.4 is 5.32 Å². The van der Waals surface area contributed by atoms with E-state index in [-0.39, 0.29) is 25.4 Å². The summed E-state index contributed by atoms with van der Waals surface area (Å²) < 4.78 is 4.98. The van der Waals surface area contributed by atoms with Crippen molar-refractivity contribution in [2.45, 2.75) is 39.2 Å². The first-order valence-electron chi connectivity index (χ1n) is 6.00. The van der Waals surface area contributed by atoms with Crippen LogP contribution in [0.15, 0.2) is 4.52 Å². The number of aromatic nitrogens is 1. The number of aliphatic carboxylic acids is 1. The summed E-state index contributed by atoms with van der Waals surface area (Å²) in [5.41, 5.74) is 1.60. The van der Waals surface area contributed by atoms with Crippen molar-refractivity contribution in [1.29, 1.82) is 0 Å². The van der Waals surface area contributed by atoms with Crippen LogP contribution in [0.4, 0.5) is 0 Å². The van der Waals surface area contributed by atoms with Crippen molar-refractivity contribution in [3.8, 4) is 0 Å². The summed E-state index contributed by atoms with van der Waals surface area (Å²) >= 11 is 0. The van der Waals surface area contributed by atoms with Crippen molar-refractivity contribution < 1.29 is 24.3 Å². The van der Waals surface area contributed by atoms with Gasteiger partial charge in [0.15, 0.2) is 0 Å². The number of carboxylic acid groups (broad SMARTS) is 1. The van der Waals surface area contributed by atoms with Crippen molar-refractivity contribution in [1.82, 2.24) is 10.5 Å². The average Bonchev–Trinajstić information content (AvgIpc) is 2.66. The molecule has 0 unspecified atom stereocenters. The SMILES string of the molecule is Cc1noc(C)c1CCC(=O)N[C@@H](CCO)C(=O)O. The summed E-state index contributed by atoms with van der Waals surface area (Å²) in [6.07, 6.45) is 0.586. The Labute approximate surface area is 110 Å². The molecule has 106 valence electrons. The number of carbonyl (C=O) groups excluding carboxylic acids is 1. The number of nitrogens with one attached hydrogen (secondary N) is 1. The molecule has 1 aromatic heterocycles. The average molecular weight is 270 g/mol. The number of hydrogen-bond acceptors (Lipinski definition) is 5. The van der Waals surface area contributed by atoms with Crippen molar-refractivity contribution >= 4 is 11.9 Å². The summed E-state index contributed by atoms with van der Waals surface area (Å²) in [7, 11) is 0. The van der Waals surface area contributed by atoms with Gasteiger partial charge in [-0.3, -0.25) is 4.79 Å². The van der Waals surface area contributed by atoms with Crippen LogP contribution in [0, 0.1) is 13.8 Å². The van der Waals surface area contributed by atoms with E-state index in [0.717, 1.165) is 11.3 Å². The molecule has 1 aromatic rings. The highest BCUT2D eigenvalue weighted by molar-refractivity contribution is 5.83. The lowest BCUT2D eigenvalue weighted by Gasteiger charge is -2.12. The van der Waals surface area contributed by atoms with Crippen molar-refractivity contribution in [3.63, 3.8) is 0 Å². The van der Waals surface area contributed by atoms with Crippen LogP contribution in [0.5, 0.6) is 0 Å². The minimum atomic E-state index is -1.15. The molecule has 7 heteroatoms. The Bertz CT molecular complexity index is 435. The summed E-state index contributed by atoms with van der Waals surface area (Å²) in [5, 5.41) is 23.7. The van der Waals surface area contributed by atoms with Gasteiger partial charge in [0.1, 0.15) is 11.8 Å². The first kappa shape index (κ1) is 15.2. The molecule has 0 aliphatic carbocycles. The van der Waals surface area contributed by atoms with Gasteiger partial charge in [0.25, 0.3) is 0 Å². The van der Waals surface area contributed by atoms with E-state index in [1.807, 2.05) is 0 Å². The minimum absolute atomic E-state index is 0.00754. The van der Waals surface area contributed by atoms with Crippen molar-refractivity contribution in [2.24, 2.45) is 0 Å². The molecule has 0 spiro atoms. The van der Waals surface area contributed by atoms with E-state index in [9.17, 15) is 9.59 Å². The van der Waals surface area contributed by atoms with Gasteiger partial charge in [-0.15, -0.1) is 0 Å². The summed E-state index contributed by atoms with van der Waals surface area (Å²) in [4.78, 5) is 22.5. The van der Waals surface area contributed by atoms with E-state index >= 15 is 0 Å². The number of nitrogens with zero attached hydrogens (tertiary/aromatic N) is 1. The zero-order valence-electron chi connectivity index (χ0n) is 11.0.